The van der Waals surface area contributed by atoms with Crippen LogP contribution in [0.2, 0.25) is 0 Å². The Labute approximate surface area is 171 Å². The van der Waals surface area contributed by atoms with Crippen molar-refractivity contribution in [3.05, 3.63) is 101 Å². The number of non-ortho nitro benzene ring substituents is 1. The fourth-order valence-corrected chi connectivity index (χ4v) is 2.98. The number of aromatic nitrogens is 2. The second kappa shape index (κ2) is 8.44. The van der Waals surface area contributed by atoms with Crippen molar-refractivity contribution >= 4 is 11.6 Å². The number of para-hydroxylation sites is 1. The lowest BCUT2D eigenvalue weighted by molar-refractivity contribution is -0.384. The summed E-state index contributed by atoms with van der Waals surface area (Å²) in [5, 5.41) is 17.9. The second-order valence-corrected chi connectivity index (χ2v) is 6.60. The Kier molecular flexibility index (Phi) is 5.38. The fraction of sp³-hybridized carbons (Fsp3) is 0.0909. The zero-order valence-corrected chi connectivity index (χ0v) is 15.9. The van der Waals surface area contributed by atoms with Crippen LogP contribution in [0.15, 0.2) is 83.5 Å². The van der Waals surface area contributed by atoms with Crippen LogP contribution in [0.25, 0.3) is 17.0 Å². The quantitative estimate of drug-likeness (QED) is 0.372. The molecule has 8 heteroatoms. The van der Waals surface area contributed by atoms with Crippen LogP contribution in [0.1, 0.15) is 16.1 Å². The van der Waals surface area contributed by atoms with Gasteiger partial charge in [-0.05, 0) is 48.4 Å². The summed E-state index contributed by atoms with van der Waals surface area (Å²) in [4.78, 5) is 22.6. The van der Waals surface area contributed by atoms with E-state index in [1.807, 2.05) is 36.5 Å². The van der Waals surface area contributed by atoms with Gasteiger partial charge in [-0.1, -0.05) is 18.2 Å². The number of nitrogens with zero attached hydrogens (tertiary/aromatic N) is 3. The van der Waals surface area contributed by atoms with Crippen LogP contribution in [0.3, 0.4) is 0 Å². The summed E-state index contributed by atoms with van der Waals surface area (Å²) in [6.45, 7) is 0.437. The summed E-state index contributed by atoms with van der Waals surface area (Å²) in [5.41, 5.74) is 2.64. The molecular formula is C22H18N4O4. The highest BCUT2D eigenvalue weighted by atomic mass is 16.6. The van der Waals surface area contributed by atoms with Crippen molar-refractivity contribution in [2.75, 3.05) is 6.54 Å². The van der Waals surface area contributed by atoms with Crippen molar-refractivity contribution in [1.29, 1.82) is 0 Å². The molecular weight excluding hydrogens is 384 g/mol. The highest BCUT2D eigenvalue weighted by molar-refractivity contribution is 5.92. The Morgan fingerprint density at radius 2 is 1.83 bits per heavy atom. The van der Waals surface area contributed by atoms with Gasteiger partial charge in [0.25, 0.3) is 11.6 Å². The molecule has 4 aromatic rings. The van der Waals surface area contributed by atoms with Gasteiger partial charge in [-0.25, -0.2) is 4.68 Å². The first-order valence-corrected chi connectivity index (χ1v) is 9.32. The zero-order valence-electron chi connectivity index (χ0n) is 15.9. The van der Waals surface area contributed by atoms with E-state index in [0.29, 0.717) is 24.3 Å². The SMILES string of the molecule is O=C(NCCc1cnn(-c2ccccc2)c1)c1ccc(-c2ccc([N+](=O)[O-])cc2)o1. The molecule has 0 saturated heterocycles. The summed E-state index contributed by atoms with van der Waals surface area (Å²) in [6.07, 6.45) is 4.34. The van der Waals surface area contributed by atoms with E-state index in [9.17, 15) is 14.9 Å². The summed E-state index contributed by atoms with van der Waals surface area (Å²) in [5.74, 6) is 0.334. The fourth-order valence-electron chi connectivity index (χ4n) is 2.98. The number of nitro groups is 1. The molecule has 0 aliphatic heterocycles. The number of hydrogen-bond acceptors (Lipinski definition) is 5. The number of nitro benzene ring substituents is 1. The number of nitrogens with one attached hydrogen (secondary N) is 1. The van der Waals surface area contributed by atoms with Crippen molar-refractivity contribution in [1.82, 2.24) is 15.1 Å². The van der Waals surface area contributed by atoms with Crippen molar-refractivity contribution in [2.45, 2.75) is 6.42 Å². The van der Waals surface area contributed by atoms with Crippen LogP contribution in [0.5, 0.6) is 0 Å². The molecule has 0 atom stereocenters. The van der Waals surface area contributed by atoms with Gasteiger partial charge < -0.3 is 9.73 Å². The van der Waals surface area contributed by atoms with Gasteiger partial charge in [0.2, 0.25) is 0 Å². The molecule has 30 heavy (non-hydrogen) atoms. The molecule has 0 radical (unpaired) electrons. The highest BCUT2D eigenvalue weighted by Gasteiger charge is 2.13. The maximum Gasteiger partial charge on any atom is 0.287 e. The minimum Gasteiger partial charge on any atom is -0.451 e. The van der Waals surface area contributed by atoms with Crippen molar-refractivity contribution in [2.24, 2.45) is 0 Å². The molecule has 1 N–H and O–H groups in total. The predicted octanol–water partition coefficient (Wildman–Crippen LogP) is 4.01. The standard InChI is InChI=1S/C22H18N4O4/c27-22(21-11-10-20(30-21)17-6-8-19(9-7-17)26(28)29)23-13-12-16-14-24-25(15-16)18-4-2-1-3-5-18/h1-11,14-15H,12-13H2,(H,23,27). The molecule has 0 saturated carbocycles. The minimum atomic E-state index is -0.464. The maximum atomic E-state index is 12.3. The van der Waals surface area contributed by atoms with E-state index in [4.69, 9.17) is 4.42 Å². The summed E-state index contributed by atoms with van der Waals surface area (Å²) in [7, 11) is 0. The van der Waals surface area contributed by atoms with Crippen LogP contribution in [0, 0.1) is 10.1 Å². The lowest BCUT2D eigenvalue weighted by Crippen LogP contribution is -2.25. The van der Waals surface area contributed by atoms with Gasteiger partial charge in [-0.2, -0.15) is 5.10 Å². The Balaban J connectivity index is 1.33. The predicted molar refractivity (Wildman–Crippen MR) is 110 cm³/mol. The largest absolute Gasteiger partial charge is 0.451 e. The smallest absolute Gasteiger partial charge is 0.287 e. The monoisotopic (exact) mass is 402 g/mol. The third kappa shape index (κ3) is 4.27. The van der Waals surface area contributed by atoms with Crippen LogP contribution in [0.4, 0.5) is 5.69 Å². The zero-order chi connectivity index (χ0) is 20.9. The molecule has 8 nitrogen and oxygen atoms in total. The Hall–Kier alpha value is -4.20. The number of benzene rings is 2. The Morgan fingerprint density at radius 3 is 2.57 bits per heavy atom. The van der Waals surface area contributed by atoms with E-state index in [2.05, 4.69) is 10.4 Å². The van der Waals surface area contributed by atoms with Crippen molar-refractivity contribution < 1.29 is 14.1 Å². The molecule has 4 rings (SSSR count). The maximum absolute atomic E-state index is 12.3. The van der Waals surface area contributed by atoms with Gasteiger partial charge in [0.1, 0.15) is 5.76 Å². The average Bonchev–Trinajstić information content (AvgIpc) is 3.45. The summed E-state index contributed by atoms with van der Waals surface area (Å²) in [6, 6.07) is 19.0. The third-order valence-corrected chi connectivity index (χ3v) is 4.55. The molecule has 0 spiro atoms. The Morgan fingerprint density at radius 1 is 1.07 bits per heavy atom. The third-order valence-electron chi connectivity index (χ3n) is 4.55. The number of rotatable bonds is 7. The van der Waals surface area contributed by atoms with E-state index in [-0.39, 0.29) is 17.4 Å². The lowest BCUT2D eigenvalue weighted by Gasteiger charge is -2.02. The molecule has 2 heterocycles. The minimum absolute atomic E-state index is 0.00106. The summed E-state index contributed by atoms with van der Waals surface area (Å²) < 4.78 is 7.39. The molecule has 2 aromatic heterocycles. The molecule has 0 bridgehead atoms. The van der Waals surface area contributed by atoms with Gasteiger partial charge in [-0.15, -0.1) is 0 Å². The van der Waals surface area contributed by atoms with Gasteiger partial charge in [-0.3, -0.25) is 14.9 Å². The summed E-state index contributed by atoms with van der Waals surface area (Å²) >= 11 is 0. The lowest BCUT2D eigenvalue weighted by atomic mass is 10.1. The van der Waals surface area contributed by atoms with E-state index in [1.165, 1.54) is 12.1 Å². The first-order valence-electron chi connectivity index (χ1n) is 9.32. The van der Waals surface area contributed by atoms with Crippen molar-refractivity contribution in [3.8, 4) is 17.0 Å². The van der Waals surface area contributed by atoms with Gasteiger partial charge in [0, 0.05) is 30.4 Å². The van der Waals surface area contributed by atoms with Crippen molar-refractivity contribution in [3.63, 3.8) is 0 Å². The Bertz CT molecular complexity index is 1160. The first-order chi connectivity index (χ1) is 14.6. The van der Waals surface area contributed by atoms with Gasteiger partial charge in [0.15, 0.2) is 5.76 Å². The van der Waals surface area contributed by atoms with E-state index in [0.717, 1.165) is 11.3 Å². The normalized spacial score (nSPS) is 10.7. The first kappa shape index (κ1) is 19.1. The number of carbonyl (C=O) groups excluding carboxylic acids is 1. The number of amides is 1. The number of furan rings is 1. The van der Waals surface area contributed by atoms with Gasteiger partial charge >= 0.3 is 0 Å². The highest BCUT2D eigenvalue weighted by Crippen LogP contribution is 2.24. The van der Waals surface area contributed by atoms with E-state index >= 15 is 0 Å². The van der Waals surface area contributed by atoms with Gasteiger partial charge in [0.05, 0.1) is 16.8 Å². The second-order valence-electron chi connectivity index (χ2n) is 6.60. The number of hydrogen-bond donors (Lipinski definition) is 1. The van der Waals surface area contributed by atoms with E-state index in [1.54, 1.807) is 35.1 Å². The molecule has 0 aliphatic rings. The molecule has 0 unspecified atom stereocenters. The van der Waals surface area contributed by atoms with Crippen LogP contribution in [-0.4, -0.2) is 27.2 Å². The molecule has 0 fully saturated rings. The average molecular weight is 402 g/mol. The topological polar surface area (TPSA) is 103 Å². The molecule has 150 valence electrons. The molecule has 0 aliphatic carbocycles. The van der Waals surface area contributed by atoms with Crippen LogP contribution >= 0.6 is 0 Å². The van der Waals surface area contributed by atoms with Crippen LogP contribution in [-0.2, 0) is 6.42 Å². The molecule has 2 aromatic carbocycles. The molecule has 1 amide bonds. The van der Waals surface area contributed by atoms with Crippen LogP contribution < -0.4 is 5.32 Å². The van der Waals surface area contributed by atoms with E-state index < -0.39 is 4.92 Å². The number of carbonyl (C=O) groups is 1.